The molecule has 0 radical (unpaired) electrons. The second-order valence-electron chi connectivity index (χ2n) is 2.89. The first kappa shape index (κ1) is 11.6. The van der Waals surface area contributed by atoms with Crippen molar-refractivity contribution in [3.05, 3.63) is 0 Å². The van der Waals surface area contributed by atoms with Crippen LogP contribution in [0.5, 0.6) is 0 Å². The second-order valence-corrected chi connectivity index (χ2v) is 3.77. The third kappa shape index (κ3) is 3.71. The Morgan fingerprint density at radius 3 is 2.27 bits per heavy atom. The van der Waals surface area contributed by atoms with Crippen LogP contribution in [-0.4, -0.2) is 30.7 Å². The highest BCUT2D eigenvalue weighted by molar-refractivity contribution is 14.1. The maximum Gasteiger partial charge on any atom is 0.0698 e. The molecule has 2 nitrogen and oxygen atoms in total. The van der Waals surface area contributed by atoms with Crippen molar-refractivity contribution >= 4 is 22.6 Å². The minimum Gasteiger partial charge on any atom is -0.380 e. The van der Waals surface area contributed by atoms with Crippen molar-refractivity contribution in [3.63, 3.8) is 0 Å². The molecule has 0 saturated carbocycles. The molecule has 0 aliphatic rings. The van der Waals surface area contributed by atoms with Crippen molar-refractivity contribution in [2.45, 2.75) is 26.0 Å². The molecule has 0 aromatic heterocycles. The van der Waals surface area contributed by atoms with Crippen LogP contribution in [0.3, 0.4) is 0 Å². The normalized spacial score (nSPS) is 19.4. The third-order valence-corrected chi connectivity index (χ3v) is 3.46. The molecule has 3 heteroatoms. The van der Waals surface area contributed by atoms with Crippen molar-refractivity contribution in [3.8, 4) is 0 Å². The minimum absolute atomic E-state index is 0.296. The number of rotatable bonds is 5. The van der Waals surface area contributed by atoms with Gasteiger partial charge in [0.15, 0.2) is 0 Å². The molecule has 0 aliphatic heterocycles. The van der Waals surface area contributed by atoms with Crippen molar-refractivity contribution < 1.29 is 4.74 Å². The van der Waals surface area contributed by atoms with Crippen LogP contribution in [0.4, 0.5) is 0 Å². The standard InChI is InChI=1S/C8H18INO/c1-6(5-9)8(10-3)7(2)11-4/h6-8,10H,5H2,1-4H3. The van der Waals surface area contributed by atoms with Crippen LogP contribution >= 0.6 is 22.6 Å². The molecule has 3 unspecified atom stereocenters. The monoisotopic (exact) mass is 271 g/mol. The van der Waals surface area contributed by atoms with Crippen molar-refractivity contribution in [2.24, 2.45) is 5.92 Å². The van der Waals surface area contributed by atoms with Crippen LogP contribution in [0.2, 0.25) is 0 Å². The first-order valence-electron chi connectivity index (χ1n) is 3.93. The first-order chi connectivity index (χ1) is 5.17. The first-order valence-corrected chi connectivity index (χ1v) is 5.46. The fraction of sp³-hybridized carbons (Fsp3) is 1.00. The number of hydrogen-bond acceptors (Lipinski definition) is 2. The summed E-state index contributed by atoms with van der Waals surface area (Å²) in [5.74, 6) is 0.663. The van der Waals surface area contributed by atoms with E-state index < -0.39 is 0 Å². The average molecular weight is 271 g/mol. The van der Waals surface area contributed by atoms with E-state index in [1.165, 1.54) is 0 Å². The molecule has 0 aromatic carbocycles. The van der Waals surface area contributed by atoms with Gasteiger partial charge in [-0.1, -0.05) is 29.5 Å². The Balaban J connectivity index is 3.92. The summed E-state index contributed by atoms with van der Waals surface area (Å²) in [5, 5.41) is 3.27. The van der Waals surface area contributed by atoms with Gasteiger partial charge in [0.05, 0.1) is 6.10 Å². The number of hydrogen-bond donors (Lipinski definition) is 1. The molecule has 0 spiro atoms. The topological polar surface area (TPSA) is 21.3 Å². The maximum atomic E-state index is 5.26. The lowest BCUT2D eigenvalue weighted by Gasteiger charge is -2.26. The zero-order chi connectivity index (χ0) is 8.85. The summed E-state index contributed by atoms with van der Waals surface area (Å²) < 4.78 is 6.42. The summed E-state index contributed by atoms with van der Waals surface area (Å²) in [6.07, 6.45) is 0.296. The molecule has 0 aliphatic carbocycles. The minimum atomic E-state index is 0.296. The molecule has 68 valence electrons. The average Bonchev–Trinajstić information content (AvgIpc) is 2.05. The maximum absolute atomic E-state index is 5.26. The van der Waals surface area contributed by atoms with Crippen LogP contribution in [0.1, 0.15) is 13.8 Å². The van der Waals surface area contributed by atoms with Crippen molar-refractivity contribution in [2.75, 3.05) is 18.6 Å². The lowest BCUT2D eigenvalue weighted by atomic mass is 10.00. The molecule has 0 saturated heterocycles. The summed E-state index contributed by atoms with van der Waals surface area (Å²) in [5.41, 5.74) is 0. The summed E-state index contributed by atoms with van der Waals surface area (Å²) >= 11 is 2.41. The zero-order valence-corrected chi connectivity index (χ0v) is 9.88. The number of likely N-dealkylation sites (N-methyl/N-ethyl adjacent to an activating group) is 1. The molecule has 0 aromatic rings. The number of methoxy groups -OCH3 is 1. The van der Waals surface area contributed by atoms with Gasteiger partial charge in [0.25, 0.3) is 0 Å². The fourth-order valence-electron chi connectivity index (χ4n) is 1.22. The molecule has 0 bridgehead atoms. The fourth-order valence-corrected chi connectivity index (χ4v) is 1.77. The highest BCUT2D eigenvalue weighted by atomic mass is 127. The van der Waals surface area contributed by atoms with Crippen molar-refractivity contribution in [1.82, 2.24) is 5.32 Å². The predicted molar refractivity (Wildman–Crippen MR) is 57.4 cm³/mol. The van der Waals surface area contributed by atoms with Gasteiger partial charge in [-0.15, -0.1) is 0 Å². The Morgan fingerprint density at radius 1 is 1.45 bits per heavy atom. The van der Waals surface area contributed by atoms with Crippen LogP contribution in [-0.2, 0) is 4.74 Å². The highest BCUT2D eigenvalue weighted by Gasteiger charge is 2.20. The van der Waals surface area contributed by atoms with Gasteiger partial charge in [0, 0.05) is 17.6 Å². The zero-order valence-electron chi connectivity index (χ0n) is 7.73. The largest absolute Gasteiger partial charge is 0.380 e. The van der Waals surface area contributed by atoms with Gasteiger partial charge in [-0.2, -0.15) is 0 Å². The van der Waals surface area contributed by atoms with Crippen LogP contribution < -0.4 is 5.32 Å². The lowest BCUT2D eigenvalue weighted by Crippen LogP contribution is -2.42. The van der Waals surface area contributed by atoms with E-state index in [-0.39, 0.29) is 0 Å². The Morgan fingerprint density at radius 2 is 2.00 bits per heavy atom. The quantitative estimate of drug-likeness (QED) is 0.607. The Kier molecular flexibility index (Phi) is 6.56. The summed E-state index contributed by atoms with van der Waals surface area (Å²) in [7, 11) is 3.75. The van der Waals surface area contributed by atoms with Gasteiger partial charge in [-0.3, -0.25) is 0 Å². The van der Waals surface area contributed by atoms with E-state index in [0.717, 1.165) is 4.43 Å². The van der Waals surface area contributed by atoms with E-state index in [1.807, 2.05) is 7.05 Å². The second kappa shape index (κ2) is 6.20. The van der Waals surface area contributed by atoms with Gasteiger partial charge < -0.3 is 10.1 Å². The van der Waals surface area contributed by atoms with Crippen molar-refractivity contribution in [1.29, 1.82) is 0 Å². The van der Waals surface area contributed by atoms with E-state index in [4.69, 9.17) is 4.74 Å². The van der Waals surface area contributed by atoms with Crippen LogP contribution in [0, 0.1) is 5.92 Å². The molecular weight excluding hydrogens is 253 g/mol. The molecule has 0 amide bonds. The van der Waals surface area contributed by atoms with Gasteiger partial charge in [0.2, 0.25) is 0 Å². The van der Waals surface area contributed by atoms with Crippen LogP contribution in [0.15, 0.2) is 0 Å². The van der Waals surface area contributed by atoms with E-state index >= 15 is 0 Å². The molecule has 3 atom stereocenters. The number of alkyl halides is 1. The number of nitrogens with one attached hydrogen (secondary N) is 1. The predicted octanol–water partition coefficient (Wildman–Crippen LogP) is 1.68. The summed E-state index contributed by atoms with van der Waals surface area (Å²) in [6.45, 7) is 4.34. The Hall–Kier alpha value is 0.650. The van der Waals surface area contributed by atoms with Gasteiger partial charge in [-0.05, 0) is 19.9 Å². The van der Waals surface area contributed by atoms with Crippen LogP contribution in [0.25, 0.3) is 0 Å². The highest BCUT2D eigenvalue weighted by Crippen LogP contribution is 2.11. The van der Waals surface area contributed by atoms with E-state index in [9.17, 15) is 0 Å². The third-order valence-electron chi connectivity index (χ3n) is 2.07. The number of ether oxygens (including phenoxy) is 1. The molecule has 0 rings (SSSR count). The number of halogens is 1. The molecular formula is C8H18INO. The smallest absolute Gasteiger partial charge is 0.0698 e. The Bertz CT molecular complexity index is 90.1. The summed E-state index contributed by atoms with van der Waals surface area (Å²) in [6, 6.07) is 0.469. The summed E-state index contributed by atoms with van der Waals surface area (Å²) in [4.78, 5) is 0. The molecule has 0 fully saturated rings. The molecule has 11 heavy (non-hydrogen) atoms. The molecule has 1 N–H and O–H groups in total. The lowest BCUT2D eigenvalue weighted by molar-refractivity contribution is 0.0712. The van der Waals surface area contributed by atoms with Gasteiger partial charge in [-0.25, -0.2) is 0 Å². The van der Waals surface area contributed by atoms with Gasteiger partial charge in [0.1, 0.15) is 0 Å². The van der Waals surface area contributed by atoms with Gasteiger partial charge >= 0.3 is 0 Å². The Labute approximate surface area is 83.2 Å². The van der Waals surface area contributed by atoms with E-state index in [0.29, 0.717) is 18.1 Å². The SMILES string of the molecule is CNC(C(C)CI)C(C)OC. The van der Waals surface area contributed by atoms with E-state index in [1.54, 1.807) is 7.11 Å². The van der Waals surface area contributed by atoms with E-state index in [2.05, 4.69) is 41.8 Å². The molecule has 0 heterocycles.